The fourth-order valence-corrected chi connectivity index (χ4v) is 3.63. The van der Waals surface area contributed by atoms with Gasteiger partial charge < -0.3 is 10.2 Å². The molecule has 1 unspecified atom stereocenters. The van der Waals surface area contributed by atoms with Gasteiger partial charge in [0, 0.05) is 51.9 Å². The lowest BCUT2D eigenvalue weighted by Gasteiger charge is -2.38. The van der Waals surface area contributed by atoms with Crippen LogP contribution < -0.4 is 5.32 Å². The second-order valence-electron chi connectivity index (χ2n) is 7.05. The molecule has 2 aliphatic rings. The fourth-order valence-electron chi connectivity index (χ4n) is 3.63. The summed E-state index contributed by atoms with van der Waals surface area (Å²) in [6.45, 7) is 13.1. The Labute approximate surface area is 129 Å². The van der Waals surface area contributed by atoms with Crippen LogP contribution in [0.2, 0.25) is 0 Å². The largest absolute Gasteiger partial charge is 0.308 e. The third-order valence-electron chi connectivity index (χ3n) is 4.73. The molecular formula is C18H29N3. The third kappa shape index (κ3) is 4.06. The van der Waals surface area contributed by atoms with Crippen LogP contribution in [0.1, 0.15) is 25.0 Å². The lowest BCUT2D eigenvalue weighted by atomic mass is 9.95. The highest BCUT2D eigenvalue weighted by Crippen LogP contribution is 2.17. The smallest absolute Gasteiger partial charge is 0.0238 e. The van der Waals surface area contributed by atoms with Gasteiger partial charge in [0.2, 0.25) is 0 Å². The zero-order valence-electron chi connectivity index (χ0n) is 13.5. The molecule has 3 rings (SSSR count). The second-order valence-corrected chi connectivity index (χ2v) is 7.05. The maximum absolute atomic E-state index is 3.71. The van der Waals surface area contributed by atoms with Gasteiger partial charge in [0.1, 0.15) is 0 Å². The van der Waals surface area contributed by atoms with Gasteiger partial charge in [-0.15, -0.1) is 0 Å². The van der Waals surface area contributed by atoms with Crippen molar-refractivity contribution in [1.82, 2.24) is 15.1 Å². The molecule has 1 fully saturated rings. The number of fused-ring (bicyclic) bond motifs is 1. The summed E-state index contributed by atoms with van der Waals surface area (Å²) in [4.78, 5) is 5.26. The minimum Gasteiger partial charge on any atom is -0.308 e. The number of nitrogens with zero attached hydrogens (tertiary/aromatic N) is 2. The molecule has 0 bridgehead atoms. The molecular weight excluding hydrogens is 258 g/mol. The highest BCUT2D eigenvalue weighted by atomic mass is 15.3. The van der Waals surface area contributed by atoms with Crippen LogP contribution in [0, 0.1) is 5.92 Å². The minimum absolute atomic E-state index is 0.622. The minimum atomic E-state index is 0.622. The topological polar surface area (TPSA) is 18.5 Å². The zero-order chi connectivity index (χ0) is 14.7. The lowest BCUT2D eigenvalue weighted by molar-refractivity contribution is 0.113. The summed E-state index contributed by atoms with van der Waals surface area (Å²) < 4.78 is 0. The van der Waals surface area contributed by atoms with Crippen molar-refractivity contribution in [2.24, 2.45) is 5.92 Å². The summed E-state index contributed by atoms with van der Waals surface area (Å²) in [5.41, 5.74) is 3.02. The SMILES string of the molecule is CC(C)CN1CCN(CC2Cc3ccccc3CN2)CC1. The fraction of sp³-hybridized carbons (Fsp3) is 0.667. The normalized spacial score (nSPS) is 24.2. The molecule has 0 radical (unpaired) electrons. The van der Waals surface area contributed by atoms with Gasteiger partial charge in [-0.3, -0.25) is 4.90 Å². The Morgan fingerprint density at radius 3 is 2.43 bits per heavy atom. The van der Waals surface area contributed by atoms with E-state index in [0.717, 1.165) is 12.5 Å². The van der Waals surface area contributed by atoms with Crippen molar-refractivity contribution in [2.45, 2.75) is 32.9 Å². The molecule has 2 heterocycles. The first-order valence-electron chi connectivity index (χ1n) is 8.45. The highest BCUT2D eigenvalue weighted by molar-refractivity contribution is 5.29. The van der Waals surface area contributed by atoms with Crippen molar-refractivity contribution in [1.29, 1.82) is 0 Å². The van der Waals surface area contributed by atoms with Crippen molar-refractivity contribution in [3.05, 3.63) is 35.4 Å². The average Bonchev–Trinajstić information content (AvgIpc) is 2.49. The molecule has 0 aromatic heterocycles. The molecule has 1 atom stereocenters. The van der Waals surface area contributed by atoms with E-state index in [4.69, 9.17) is 0 Å². The molecule has 0 amide bonds. The summed E-state index contributed by atoms with van der Waals surface area (Å²) in [6, 6.07) is 9.49. The second kappa shape index (κ2) is 6.91. The van der Waals surface area contributed by atoms with Crippen molar-refractivity contribution in [2.75, 3.05) is 39.3 Å². The Bertz CT molecular complexity index is 450. The monoisotopic (exact) mass is 287 g/mol. The molecule has 1 aromatic rings. The molecule has 0 saturated carbocycles. The molecule has 1 N–H and O–H groups in total. The van der Waals surface area contributed by atoms with Crippen LogP contribution >= 0.6 is 0 Å². The zero-order valence-corrected chi connectivity index (χ0v) is 13.5. The van der Waals surface area contributed by atoms with Crippen LogP contribution in [0.15, 0.2) is 24.3 Å². The Morgan fingerprint density at radius 1 is 1.05 bits per heavy atom. The number of rotatable bonds is 4. The van der Waals surface area contributed by atoms with Gasteiger partial charge in [-0.2, -0.15) is 0 Å². The number of piperazine rings is 1. The number of benzene rings is 1. The Kier molecular flexibility index (Phi) is 4.94. The van der Waals surface area contributed by atoms with Crippen LogP contribution in [0.4, 0.5) is 0 Å². The van der Waals surface area contributed by atoms with Gasteiger partial charge in [0.25, 0.3) is 0 Å². The molecule has 0 spiro atoms. The average molecular weight is 287 g/mol. The van der Waals surface area contributed by atoms with Gasteiger partial charge >= 0.3 is 0 Å². The van der Waals surface area contributed by atoms with Gasteiger partial charge in [-0.25, -0.2) is 0 Å². The predicted octanol–water partition coefficient (Wildman–Crippen LogP) is 1.97. The molecule has 21 heavy (non-hydrogen) atoms. The van der Waals surface area contributed by atoms with Crippen LogP contribution in [0.25, 0.3) is 0 Å². The maximum atomic E-state index is 3.71. The van der Waals surface area contributed by atoms with Gasteiger partial charge in [0.05, 0.1) is 0 Å². The van der Waals surface area contributed by atoms with Crippen LogP contribution in [-0.2, 0) is 13.0 Å². The van der Waals surface area contributed by atoms with Crippen LogP contribution in [0.3, 0.4) is 0 Å². The summed E-state index contributed by atoms with van der Waals surface area (Å²) in [5.74, 6) is 0.785. The van der Waals surface area contributed by atoms with Gasteiger partial charge in [0.15, 0.2) is 0 Å². The first-order valence-corrected chi connectivity index (χ1v) is 8.45. The Hall–Kier alpha value is -0.900. The quantitative estimate of drug-likeness (QED) is 0.913. The molecule has 116 valence electrons. The molecule has 0 aliphatic carbocycles. The van der Waals surface area contributed by atoms with Crippen molar-refractivity contribution >= 4 is 0 Å². The molecule has 3 nitrogen and oxygen atoms in total. The molecule has 3 heteroatoms. The van der Waals surface area contributed by atoms with E-state index in [1.54, 1.807) is 5.56 Å². The number of nitrogens with one attached hydrogen (secondary N) is 1. The van der Waals surface area contributed by atoms with E-state index in [1.165, 1.54) is 51.3 Å². The van der Waals surface area contributed by atoms with E-state index in [9.17, 15) is 0 Å². The van der Waals surface area contributed by atoms with E-state index in [-0.39, 0.29) is 0 Å². The summed E-state index contributed by atoms with van der Waals surface area (Å²) in [5, 5.41) is 3.71. The Morgan fingerprint density at radius 2 is 1.71 bits per heavy atom. The van der Waals surface area contributed by atoms with Crippen LogP contribution in [-0.4, -0.2) is 55.1 Å². The summed E-state index contributed by atoms with van der Waals surface area (Å²) in [6.07, 6.45) is 1.18. The van der Waals surface area contributed by atoms with Crippen molar-refractivity contribution < 1.29 is 0 Å². The van der Waals surface area contributed by atoms with Gasteiger partial charge in [-0.05, 0) is 23.5 Å². The van der Waals surface area contributed by atoms with Crippen LogP contribution in [0.5, 0.6) is 0 Å². The van der Waals surface area contributed by atoms with Crippen molar-refractivity contribution in [3.8, 4) is 0 Å². The third-order valence-corrected chi connectivity index (χ3v) is 4.73. The van der Waals surface area contributed by atoms with E-state index >= 15 is 0 Å². The van der Waals surface area contributed by atoms with E-state index in [0.29, 0.717) is 6.04 Å². The molecule has 1 saturated heterocycles. The first kappa shape index (κ1) is 15.0. The van der Waals surface area contributed by atoms with E-state index in [1.807, 2.05) is 0 Å². The van der Waals surface area contributed by atoms with Crippen molar-refractivity contribution in [3.63, 3.8) is 0 Å². The summed E-state index contributed by atoms with van der Waals surface area (Å²) in [7, 11) is 0. The Balaban J connectivity index is 1.46. The number of hydrogen-bond acceptors (Lipinski definition) is 3. The van der Waals surface area contributed by atoms with Gasteiger partial charge in [-0.1, -0.05) is 38.1 Å². The standard InChI is InChI=1S/C18H29N3/c1-15(2)13-20-7-9-21(10-8-20)14-18-11-16-5-3-4-6-17(16)12-19-18/h3-6,15,18-19H,7-14H2,1-2H3. The summed E-state index contributed by atoms with van der Waals surface area (Å²) >= 11 is 0. The van der Waals surface area contributed by atoms with E-state index in [2.05, 4.69) is 53.2 Å². The highest BCUT2D eigenvalue weighted by Gasteiger charge is 2.23. The first-order chi connectivity index (χ1) is 10.2. The lowest BCUT2D eigenvalue weighted by Crippen LogP contribution is -2.52. The van der Waals surface area contributed by atoms with E-state index < -0.39 is 0 Å². The molecule has 2 aliphatic heterocycles. The predicted molar refractivity (Wildman–Crippen MR) is 88.5 cm³/mol. The maximum Gasteiger partial charge on any atom is 0.0238 e. The number of hydrogen-bond donors (Lipinski definition) is 1. The molecule has 1 aromatic carbocycles.